The Hall–Kier alpha value is -2.64. The highest BCUT2D eigenvalue weighted by molar-refractivity contribution is 5.92. The SMILES string of the molecule is CCn1nc(C)c(NC(=O)Cn2ncc3c2c(C)nn3CC)c1C. The van der Waals surface area contributed by atoms with Crippen LogP contribution < -0.4 is 5.32 Å². The summed E-state index contributed by atoms with van der Waals surface area (Å²) in [6, 6.07) is 0. The summed E-state index contributed by atoms with van der Waals surface area (Å²) in [5, 5.41) is 16.2. The molecular weight excluding hydrogens is 306 g/mol. The fourth-order valence-electron chi connectivity index (χ4n) is 3.08. The van der Waals surface area contributed by atoms with Crippen molar-refractivity contribution in [1.82, 2.24) is 29.3 Å². The van der Waals surface area contributed by atoms with Gasteiger partial charge >= 0.3 is 0 Å². The summed E-state index contributed by atoms with van der Waals surface area (Å²) in [5.74, 6) is -0.120. The predicted octanol–water partition coefficient (Wildman–Crippen LogP) is 2.03. The van der Waals surface area contributed by atoms with Crippen molar-refractivity contribution >= 4 is 22.6 Å². The van der Waals surface area contributed by atoms with Crippen molar-refractivity contribution in [3.63, 3.8) is 0 Å². The normalized spacial score (nSPS) is 11.4. The average Bonchev–Trinajstić information content (AvgIpc) is 3.18. The highest BCUT2D eigenvalue weighted by atomic mass is 16.2. The molecule has 0 spiro atoms. The van der Waals surface area contributed by atoms with Crippen molar-refractivity contribution in [3.05, 3.63) is 23.3 Å². The third-order valence-electron chi connectivity index (χ3n) is 4.25. The Bertz CT molecular complexity index is 899. The van der Waals surface area contributed by atoms with Crippen molar-refractivity contribution in [2.45, 2.75) is 54.3 Å². The van der Waals surface area contributed by atoms with E-state index in [1.165, 1.54) is 0 Å². The summed E-state index contributed by atoms with van der Waals surface area (Å²) >= 11 is 0. The lowest BCUT2D eigenvalue weighted by Gasteiger charge is -2.07. The van der Waals surface area contributed by atoms with Crippen molar-refractivity contribution in [2.24, 2.45) is 0 Å². The van der Waals surface area contributed by atoms with Crippen LogP contribution in [0.25, 0.3) is 11.0 Å². The number of carbonyl (C=O) groups is 1. The molecule has 8 nitrogen and oxygen atoms in total. The van der Waals surface area contributed by atoms with Crippen LogP contribution in [-0.4, -0.2) is 35.2 Å². The zero-order valence-corrected chi connectivity index (χ0v) is 14.8. The second-order valence-corrected chi connectivity index (χ2v) is 5.85. The van der Waals surface area contributed by atoms with Gasteiger partial charge in [-0.05, 0) is 34.6 Å². The first kappa shape index (κ1) is 16.2. The smallest absolute Gasteiger partial charge is 0.246 e. The van der Waals surface area contributed by atoms with Gasteiger partial charge in [0.15, 0.2) is 0 Å². The Balaban J connectivity index is 1.83. The Morgan fingerprint density at radius 2 is 1.71 bits per heavy atom. The zero-order chi connectivity index (χ0) is 17.4. The van der Waals surface area contributed by atoms with Gasteiger partial charge in [-0.15, -0.1) is 0 Å². The molecule has 0 radical (unpaired) electrons. The van der Waals surface area contributed by atoms with E-state index in [1.54, 1.807) is 10.9 Å². The number of amides is 1. The van der Waals surface area contributed by atoms with Crippen LogP contribution in [-0.2, 0) is 24.4 Å². The molecule has 0 fully saturated rings. The average molecular weight is 329 g/mol. The molecule has 1 N–H and O–H groups in total. The number of carbonyl (C=O) groups excluding carboxylic acids is 1. The second-order valence-electron chi connectivity index (χ2n) is 5.85. The summed E-state index contributed by atoms with van der Waals surface area (Å²) in [7, 11) is 0. The zero-order valence-electron chi connectivity index (χ0n) is 14.8. The molecule has 128 valence electrons. The summed E-state index contributed by atoms with van der Waals surface area (Å²) in [6.07, 6.45) is 1.76. The molecule has 0 atom stereocenters. The Kier molecular flexibility index (Phi) is 4.13. The molecule has 0 aromatic carbocycles. The van der Waals surface area contributed by atoms with Crippen molar-refractivity contribution < 1.29 is 4.79 Å². The van der Waals surface area contributed by atoms with E-state index in [4.69, 9.17) is 0 Å². The first-order valence-electron chi connectivity index (χ1n) is 8.19. The summed E-state index contributed by atoms with van der Waals surface area (Å²) in [6.45, 7) is 11.6. The standard InChI is InChI=1S/C16H23N7O/c1-6-21-12(5)15(10(3)19-21)18-14(24)9-23-16-11(4)20-22(7-2)13(16)8-17-23/h8H,6-7,9H2,1-5H3,(H,18,24). The molecule has 3 aromatic rings. The molecule has 0 unspecified atom stereocenters. The molecule has 3 rings (SSSR count). The molecule has 0 bridgehead atoms. The maximum Gasteiger partial charge on any atom is 0.246 e. The molecule has 1 amide bonds. The fraction of sp³-hybridized carbons (Fsp3) is 0.500. The maximum absolute atomic E-state index is 12.5. The Labute approximate surface area is 140 Å². The topological polar surface area (TPSA) is 82.6 Å². The van der Waals surface area contributed by atoms with Gasteiger partial charge in [0, 0.05) is 13.1 Å². The van der Waals surface area contributed by atoms with Crippen LogP contribution in [0, 0.1) is 20.8 Å². The summed E-state index contributed by atoms with van der Waals surface area (Å²) < 4.78 is 5.48. The number of nitrogens with one attached hydrogen (secondary N) is 1. The predicted molar refractivity (Wildman–Crippen MR) is 91.9 cm³/mol. The fourth-order valence-corrected chi connectivity index (χ4v) is 3.08. The van der Waals surface area contributed by atoms with Gasteiger partial charge in [-0.2, -0.15) is 15.3 Å². The van der Waals surface area contributed by atoms with Gasteiger partial charge in [0.2, 0.25) is 5.91 Å². The van der Waals surface area contributed by atoms with Crippen LogP contribution in [0.3, 0.4) is 0 Å². The summed E-state index contributed by atoms with van der Waals surface area (Å²) in [5.41, 5.74) is 5.31. The molecule has 0 aliphatic heterocycles. The maximum atomic E-state index is 12.5. The minimum Gasteiger partial charge on any atom is -0.321 e. The van der Waals surface area contributed by atoms with Crippen LogP contribution in [0.4, 0.5) is 5.69 Å². The van der Waals surface area contributed by atoms with Crippen molar-refractivity contribution in [1.29, 1.82) is 0 Å². The first-order chi connectivity index (χ1) is 11.5. The van der Waals surface area contributed by atoms with E-state index in [-0.39, 0.29) is 12.5 Å². The number of anilines is 1. The lowest BCUT2D eigenvalue weighted by Crippen LogP contribution is -2.20. The van der Waals surface area contributed by atoms with Gasteiger partial charge in [0.05, 0.1) is 29.0 Å². The van der Waals surface area contributed by atoms with Crippen molar-refractivity contribution in [2.75, 3.05) is 5.32 Å². The van der Waals surface area contributed by atoms with Crippen molar-refractivity contribution in [3.8, 4) is 0 Å². The molecule has 8 heteroatoms. The van der Waals surface area contributed by atoms with E-state index < -0.39 is 0 Å². The van der Waals surface area contributed by atoms with E-state index in [2.05, 4.69) is 20.6 Å². The van der Waals surface area contributed by atoms with E-state index >= 15 is 0 Å². The lowest BCUT2D eigenvalue weighted by atomic mass is 10.3. The minimum absolute atomic E-state index is 0.120. The van der Waals surface area contributed by atoms with Gasteiger partial charge in [-0.25, -0.2) is 0 Å². The third kappa shape index (κ3) is 2.57. The Morgan fingerprint density at radius 3 is 2.33 bits per heavy atom. The Morgan fingerprint density at radius 1 is 1.04 bits per heavy atom. The number of aromatic nitrogens is 6. The van der Waals surface area contributed by atoms with Gasteiger partial charge in [0.1, 0.15) is 17.6 Å². The molecule has 0 saturated carbocycles. The molecule has 0 aliphatic carbocycles. The van der Waals surface area contributed by atoms with Crippen LogP contribution in [0.1, 0.15) is 30.9 Å². The minimum atomic E-state index is -0.120. The van der Waals surface area contributed by atoms with E-state index in [0.29, 0.717) is 0 Å². The van der Waals surface area contributed by atoms with Crippen LogP contribution in [0.15, 0.2) is 6.20 Å². The molecule has 0 saturated heterocycles. The number of hydrogen-bond acceptors (Lipinski definition) is 4. The largest absolute Gasteiger partial charge is 0.321 e. The van der Waals surface area contributed by atoms with E-state index in [9.17, 15) is 4.79 Å². The monoisotopic (exact) mass is 329 g/mol. The van der Waals surface area contributed by atoms with Gasteiger partial charge < -0.3 is 5.32 Å². The summed E-state index contributed by atoms with van der Waals surface area (Å²) in [4.78, 5) is 12.5. The van der Waals surface area contributed by atoms with Gasteiger partial charge in [-0.1, -0.05) is 0 Å². The van der Waals surface area contributed by atoms with Gasteiger partial charge in [0.25, 0.3) is 0 Å². The van der Waals surface area contributed by atoms with Crippen LogP contribution >= 0.6 is 0 Å². The highest BCUT2D eigenvalue weighted by Gasteiger charge is 2.17. The van der Waals surface area contributed by atoms with E-state index in [0.717, 1.165) is 46.9 Å². The molecular formula is C16H23N7O. The number of hydrogen-bond donors (Lipinski definition) is 1. The highest BCUT2D eigenvalue weighted by Crippen LogP contribution is 2.20. The van der Waals surface area contributed by atoms with E-state index in [1.807, 2.05) is 44.0 Å². The number of aryl methyl sites for hydroxylation is 4. The third-order valence-corrected chi connectivity index (χ3v) is 4.25. The van der Waals surface area contributed by atoms with Gasteiger partial charge in [-0.3, -0.25) is 18.8 Å². The second kappa shape index (κ2) is 6.10. The first-order valence-corrected chi connectivity index (χ1v) is 8.19. The molecule has 3 heterocycles. The number of fused-ring (bicyclic) bond motifs is 1. The van der Waals surface area contributed by atoms with Crippen LogP contribution in [0.2, 0.25) is 0 Å². The number of nitrogens with zero attached hydrogens (tertiary/aromatic N) is 6. The molecule has 0 aliphatic rings. The molecule has 3 aromatic heterocycles. The lowest BCUT2D eigenvalue weighted by molar-refractivity contribution is -0.116. The quantitative estimate of drug-likeness (QED) is 0.776. The van der Waals surface area contributed by atoms with Crippen LogP contribution in [0.5, 0.6) is 0 Å². The molecule has 24 heavy (non-hydrogen) atoms. The number of rotatable bonds is 5.